The van der Waals surface area contributed by atoms with Gasteiger partial charge in [-0.3, -0.25) is 4.79 Å². The van der Waals surface area contributed by atoms with Gasteiger partial charge in [-0.1, -0.05) is 13.3 Å². The molecule has 0 aromatic heterocycles. The highest BCUT2D eigenvalue weighted by Gasteiger charge is 2.11. The molecular formula is C15H23FN2O2. The molecule has 0 aliphatic heterocycles. The molecule has 0 fully saturated rings. The van der Waals surface area contributed by atoms with Crippen LogP contribution in [0, 0.1) is 11.7 Å². The van der Waals surface area contributed by atoms with Crippen LogP contribution in [0.15, 0.2) is 18.2 Å². The molecule has 0 spiro atoms. The maximum Gasteiger partial charge on any atom is 0.224 e. The summed E-state index contributed by atoms with van der Waals surface area (Å²) in [6.45, 7) is 2.74. The van der Waals surface area contributed by atoms with Crippen molar-refractivity contribution in [2.45, 2.75) is 32.6 Å². The first-order chi connectivity index (χ1) is 9.60. The highest BCUT2D eigenvalue weighted by molar-refractivity contribution is 5.92. The van der Waals surface area contributed by atoms with E-state index in [0.29, 0.717) is 30.3 Å². The van der Waals surface area contributed by atoms with Crippen LogP contribution in [0.2, 0.25) is 0 Å². The van der Waals surface area contributed by atoms with E-state index in [1.54, 1.807) is 0 Å². The number of carbonyl (C=O) groups excluding carboxylic acids is 1. The van der Waals surface area contributed by atoms with Crippen molar-refractivity contribution in [1.82, 2.24) is 0 Å². The number of carbonyl (C=O) groups is 1. The minimum absolute atomic E-state index is 0.0922. The van der Waals surface area contributed by atoms with Gasteiger partial charge >= 0.3 is 0 Å². The van der Waals surface area contributed by atoms with Crippen LogP contribution in [0.1, 0.15) is 32.6 Å². The number of hydrogen-bond acceptors (Lipinski definition) is 3. The molecule has 4 nitrogen and oxygen atoms in total. The zero-order valence-electron chi connectivity index (χ0n) is 12.1. The third-order valence-corrected chi connectivity index (χ3v) is 3.37. The number of benzene rings is 1. The Kier molecular flexibility index (Phi) is 7.01. The van der Waals surface area contributed by atoms with E-state index in [1.807, 2.05) is 0 Å². The molecule has 0 radical (unpaired) electrons. The van der Waals surface area contributed by atoms with Crippen LogP contribution >= 0.6 is 0 Å². The van der Waals surface area contributed by atoms with Gasteiger partial charge in [0.05, 0.1) is 12.8 Å². The fraction of sp³-hybridized carbons (Fsp3) is 0.533. The third-order valence-electron chi connectivity index (χ3n) is 3.37. The van der Waals surface area contributed by atoms with E-state index in [1.165, 1.54) is 25.3 Å². The Morgan fingerprint density at radius 2 is 2.20 bits per heavy atom. The van der Waals surface area contributed by atoms with Crippen LogP contribution < -0.4 is 15.8 Å². The Bertz CT molecular complexity index is 438. The standard InChI is InChI=1S/C15H23FN2O2/c1-3-11(8-9-17)4-7-15(19)18-13-6-5-12(16)10-14(13)20-2/h5-6,10-11H,3-4,7-9,17H2,1-2H3,(H,18,19). The number of hydrogen-bond donors (Lipinski definition) is 2. The number of rotatable bonds is 8. The van der Waals surface area contributed by atoms with E-state index >= 15 is 0 Å². The molecule has 5 heteroatoms. The summed E-state index contributed by atoms with van der Waals surface area (Å²) in [6, 6.07) is 4.05. The quantitative estimate of drug-likeness (QED) is 0.770. The summed E-state index contributed by atoms with van der Waals surface area (Å²) in [4.78, 5) is 11.9. The number of methoxy groups -OCH3 is 1. The molecule has 0 aliphatic carbocycles. The second-order valence-corrected chi connectivity index (χ2v) is 4.78. The van der Waals surface area contributed by atoms with E-state index in [0.717, 1.165) is 19.3 Å². The molecule has 20 heavy (non-hydrogen) atoms. The van der Waals surface area contributed by atoms with Crippen molar-refractivity contribution in [3.05, 3.63) is 24.0 Å². The van der Waals surface area contributed by atoms with Crippen LogP contribution in [-0.4, -0.2) is 19.6 Å². The van der Waals surface area contributed by atoms with E-state index in [9.17, 15) is 9.18 Å². The normalized spacial score (nSPS) is 12.0. The zero-order valence-corrected chi connectivity index (χ0v) is 12.1. The van der Waals surface area contributed by atoms with E-state index in [-0.39, 0.29) is 5.91 Å². The molecule has 1 aromatic carbocycles. The first-order valence-corrected chi connectivity index (χ1v) is 6.94. The van der Waals surface area contributed by atoms with Crippen molar-refractivity contribution in [3.8, 4) is 5.75 Å². The number of anilines is 1. The molecule has 1 aromatic rings. The monoisotopic (exact) mass is 282 g/mol. The minimum Gasteiger partial charge on any atom is -0.494 e. The lowest BCUT2D eigenvalue weighted by atomic mass is 9.96. The molecule has 3 N–H and O–H groups in total. The highest BCUT2D eigenvalue weighted by atomic mass is 19.1. The minimum atomic E-state index is -0.395. The Labute approximate surface area is 119 Å². The fourth-order valence-corrected chi connectivity index (χ4v) is 2.10. The van der Waals surface area contributed by atoms with Crippen LogP contribution in [0.4, 0.5) is 10.1 Å². The predicted octanol–water partition coefficient (Wildman–Crippen LogP) is 2.93. The molecule has 0 heterocycles. The maximum absolute atomic E-state index is 13.1. The number of halogens is 1. The van der Waals surface area contributed by atoms with Crippen LogP contribution in [-0.2, 0) is 4.79 Å². The van der Waals surface area contributed by atoms with Gasteiger partial charge in [-0.2, -0.15) is 0 Å². The predicted molar refractivity (Wildman–Crippen MR) is 78.3 cm³/mol. The Morgan fingerprint density at radius 1 is 1.45 bits per heavy atom. The van der Waals surface area contributed by atoms with Gasteiger partial charge in [0.1, 0.15) is 11.6 Å². The van der Waals surface area contributed by atoms with Crippen molar-refractivity contribution in [3.63, 3.8) is 0 Å². The van der Waals surface area contributed by atoms with E-state index in [4.69, 9.17) is 10.5 Å². The Morgan fingerprint density at radius 3 is 2.80 bits per heavy atom. The van der Waals surface area contributed by atoms with Crippen molar-refractivity contribution in [1.29, 1.82) is 0 Å². The molecule has 1 unspecified atom stereocenters. The van der Waals surface area contributed by atoms with Crippen LogP contribution in [0.3, 0.4) is 0 Å². The van der Waals surface area contributed by atoms with Gasteiger partial charge in [-0.25, -0.2) is 4.39 Å². The van der Waals surface area contributed by atoms with Gasteiger partial charge in [0, 0.05) is 12.5 Å². The summed E-state index contributed by atoms with van der Waals surface area (Å²) in [7, 11) is 1.44. The molecule has 0 aliphatic rings. The molecule has 112 valence electrons. The second-order valence-electron chi connectivity index (χ2n) is 4.78. The first kappa shape index (κ1) is 16.4. The summed E-state index contributed by atoms with van der Waals surface area (Å²) < 4.78 is 18.1. The number of nitrogens with two attached hydrogens (primary N) is 1. The van der Waals surface area contributed by atoms with Gasteiger partial charge in [-0.15, -0.1) is 0 Å². The summed E-state index contributed by atoms with van der Waals surface area (Å²) in [5.41, 5.74) is 6.03. The summed E-state index contributed by atoms with van der Waals surface area (Å²) in [6.07, 6.45) is 3.19. The van der Waals surface area contributed by atoms with Gasteiger partial charge in [0.15, 0.2) is 0 Å². The smallest absolute Gasteiger partial charge is 0.224 e. The average Bonchev–Trinajstić information content (AvgIpc) is 2.45. The largest absolute Gasteiger partial charge is 0.494 e. The number of nitrogens with one attached hydrogen (secondary N) is 1. The van der Waals surface area contributed by atoms with E-state index < -0.39 is 5.82 Å². The van der Waals surface area contributed by atoms with Crippen LogP contribution in [0.5, 0.6) is 5.75 Å². The fourth-order valence-electron chi connectivity index (χ4n) is 2.10. The second kappa shape index (κ2) is 8.53. The number of amides is 1. The molecule has 1 amide bonds. The lowest BCUT2D eigenvalue weighted by Gasteiger charge is -2.14. The molecular weight excluding hydrogens is 259 g/mol. The maximum atomic E-state index is 13.1. The van der Waals surface area contributed by atoms with Crippen molar-refractivity contribution in [2.24, 2.45) is 11.7 Å². The van der Waals surface area contributed by atoms with Crippen LogP contribution in [0.25, 0.3) is 0 Å². The first-order valence-electron chi connectivity index (χ1n) is 6.94. The molecule has 0 saturated carbocycles. The summed E-state index contributed by atoms with van der Waals surface area (Å²) in [5, 5.41) is 2.75. The lowest BCUT2D eigenvalue weighted by Crippen LogP contribution is -2.15. The zero-order chi connectivity index (χ0) is 15.0. The van der Waals surface area contributed by atoms with E-state index in [2.05, 4.69) is 12.2 Å². The Hall–Kier alpha value is -1.62. The van der Waals surface area contributed by atoms with Crippen molar-refractivity contribution < 1.29 is 13.9 Å². The topological polar surface area (TPSA) is 64.4 Å². The molecule has 1 rings (SSSR count). The molecule has 0 bridgehead atoms. The Balaban J connectivity index is 2.54. The number of ether oxygens (including phenoxy) is 1. The van der Waals surface area contributed by atoms with Crippen molar-refractivity contribution in [2.75, 3.05) is 19.0 Å². The van der Waals surface area contributed by atoms with Gasteiger partial charge < -0.3 is 15.8 Å². The average molecular weight is 282 g/mol. The third kappa shape index (κ3) is 5.17. The lowest BCUT2D eigenvalue weighted by molar-refractivity contribution is -0.116. The molecule has 0 saturated heterocycles. The summed E-state index contributed by atoms with van der Waals surface area (Å²) in [5.74, 6) is 0.312. The highest BCUT2D eigenvalue weighted by Crippen LogP contribution is 2.25. The summed E-state index contributed by atoms with van der Waals surface area (Å²) >= 11 is 0. The van der Waals surface area contributed by atoms with Gasteiger partial charge in [-0.05, 0) is 37.4 Å². The SMILES string of the molecule is CCC(CCN)CCC(=O)Nc1ccc(F)cc1OC. The van der Waals surface area contributed by atoms with Crippen molar-refractivity contribution >= 4 is 11.6 Å². The van der Waals surface area contributed by atoms with Gasteiger partial charge in [0.2, 0.25) is 5.91 Å². The van der Waals surface area contributed by atoms with Gasteiger partial charge in [0.25, 0.3) is 0 Å². The molecule has 1 atom stereocenters.